The highest BCUT2D eigenvalue weighted by Crippen LogP contribution is 2.21. The number of imidazole rings is 1. The van der Waals surface area contributed by atoms with Crippen LogP contribution < -0.4 is 16.4 Å². The molecule has 9 nitrogen and oxygen atoms in total. The van der Waals surface area contributed by atoms with Crippen LogP contribution in [-0.2, 0) is 17.8 Å². The summed E-state index contributed by atoms with van der Waals surface area (Å²) in [5.41, 5.74) is 9.18. The summed E-state index contributed by atoms with van der Waals surface area (Å²) in [5, 5.41) is 5.73. The van der Waals surface area contributed by atoms with E-state index in [9.17, 15) is 9.59 Å². The van der Waals surface area contributed by atoms with E-state index in [4.69, 9.17) is 10.5 Å². The largest absolute Gasteiger partial charge is 0.399 e. The second-order valence-electron chi connectivity index (χ2n) is 7.75. The van der Waals surface area contributed by atoms with Gasteiger partial charge in [-0.25, -0.2) is 9.97 Å². The number of benzene rings is 2. The third kappa shape index (κ3) is 5.38. The zero-order valence-corrected chi connectivity index (χ0v) is 18.8. The lowest BCUT2D eigenvalue weighted by Gasteiger charge is -2.10. The first-order chi connectivity index (χ1) is 16.5. The summed E-state index contributed by atoms with van der Waals surface area (Å²) in [4.78, 5) is 34.5. The molecule has 0 aliphatic heterocycles. The average Bonchev–Trinajstić information content (AvgIpc) is 3.19. The number of carbonyl (C=O) groups excluding carboxylic acids is 2. The molecule has 2 heterocycles. The van der Waals surface area contributed by atoms with E-state index in [2.05, 4.69) is 20.6 Å². The van der Waals surface area contributed by atoms with Crippen molar-refractivity contribution in [3.63, 3.8) is 0 Å². The molecule has 0 saturated heterocycles. The summed E-state index contributed by atoms with van der Waals surface area (Å²) in [6.45, 7) is 1.48. The van der Waals surface area contributed by atoms with Gasteiger partial charge >= 0.3 is 0 Å². The maximum absolute atomic E-state index is 12.8. The number of pyridine rings is 1. The number of rotatable bonds is 9. The molecule has 0 fully saturated rings. The SMILES string of the molecule is COCCCn1c(NC(=O)c2cccc(N)c2)nc2cc(C(=O)NCc3ccccc3)cnc21. The lowest BCUT2D eigenvalue weighted by Crippen LogP contribution is -2.22. The summed E-state index contributed by atoms with van der Waals surface area (Å²) < 4.78 is 6.97. The molecule has 4 aromatic rings. The molecular weight excluding hydrogens is 432 g/mol. The van der Waals surface area contributed by atoms with Crippen LogP contribution in [0.25, 0.3) is 11.2 Å². The summed E-state index contributed by atoms with van der Waals surface area (Å²) in [6.07, 6.45) is 2.21. The molecule has 0 radical (unpaired) electrons. The number of nitrogens with zero attached hydrogens (tertiary/aromatic N) is 3. The third-order valence-electron chi connectivity index (χ3n) is 5.25. The first-order valence-corrected chi connectivity index (χ1v) is 10.9. The summed E-state index contributed by atoms with van der Waals surface area (Å²) in [7, 11) is 1.63. The van der Waals surface area contributed by atoms with Gasteiger partial charge < -0.3 is 15.8 Å². The van der Waals surface area contributed by atoms with Crippen molar-refractivity contribution in [2.75, 3.05) is 24.8 Å². The lowest BCUT2D eigenvalue weighted by atomic mass is 10.2. The van der Waals surface area contributed by atoms with E-state index in [1.165, 1.54) is 6.20 Å². The van der Waals surface area contributed by atoms with Crippen molar-refractivity contribution < 1.29 is 14.3 Å². The van der Waals surface area contributed by atoms with Gasteiger partial charge in [0.15, 0.2) is 5.65 Å². The van der Waals surface area contributed by atoms with Crippen molar-refractivity contribution in [2.45, 2.75) is 19.5 Å². The fourth-order valence-electron chi connectivity index (χ4n) is 3.54. The Bertz CT molecular complexity index is 1300. The number of carbonyl (C=O) groups is 2. The number of aromatic nitrogens is 3. The molecule has 34 heavy (non-hydrogen) atoms. The van der Waals surface area contributed by atoms with E-state index in [-0.39, 0.29) is 11.8 Å². The van der Waals surface area contributed by atoms with Crippen molar-refractivity contribution >= 4 is 34.6 Å². The number of methoxy groups -OCH3 is 1. The van der Waals surface area contributed by atoms with E-state index in [0.29, 0.717) is 60.0 Å². The van der Waals surface area contributed by atoms with Crippen LogP contribution in [0.2, 0.25) is 0 Å². The second kappa shape index (κ2) is 10.6. The fourth-order valence-corrected chi connectivity index (χ4v) is 3.54. The van der Waals surface area contributed by atoms with Crippen LogP contribution >= 0.6 is 0 Å². The number of nitrogen functional groups attached to an aromatic ring is 1. The van der Waals surface area contributed by atoms with Crippen LogP contribution in [0.5, 0.6) is 0 Å². The van der Waals surface area contributed by atoms with Crippen LogP contribution in [0.15, 0.2) is 66.9 Å². The molecule has 0 saturated carbocycles. The molecule has 0 bridgehead atoms. The minimum absolute atomic E-state index is 0.252. The number of anilines is 2. The first-order valence-electron chi connectivity index (χ1n) is 10.9. The van der Waals surface area contributed by atoms with Gasteiger partial charge in [0.25, 0.3) is 11.8 Å². The molecule has 0 atom stereocenters. The Balaban J connectivity index is 1.58. The molecule has 4 rings (SSSR count). The van der Waals surface area contributed by atoms with Gasteiger partial charge in [-0.1, -0.05) is 36.4 Å². The van der Waals surface area contributed by atoms with E-state index in [1.807, 2.05) is 34.9 Å². The van der Waals surface area contributed by atoms with Crippen molar-refractivity contribution in [1.29, 1.82) is 0 Å². The standard InChI is InChI=1S/C25H26N6O3/c1-34-12-6-11-31-22-21(29-25(31)30-24(33)18-9-5-10-20(26)13-18)14-19(16-27-22)23(32)28-15-17-7-3-2-4-8-17/h2-5,7-10,13-14,16H,6,11-12,15,26H2,1H3,(H,28,32)(H,29,30,33). The number of nitrogens with two attached hydrogens (primary N) is 1. The van der Waals surface area contributed by atoms with Gasteiger partial charge in [0.2, 0.25) is 5.95 Å². The van der Waals surface area contributed by atoms with Crippen molar-refractivity contribution in [3.8, 4) is 0 Å². The molecule has 9 heteroatoms. The topological polar surface area (TPSA) is 124 Å². The first kappa shape index (κ1) is 22.9. The van der Waals surface area contributed by atoms with E-state index >= 15 is 0 Å². The minimum atomic E-state index is -0.337. The summed E-state index contributed by atoms with van der Waals surface area (Å²) >= 11 is 0. The Morgan fingerprint density at radius 3 is 2.62 bits per heavy atom. The van der Waals surface area contributed by atoms with E-state index < -0.39 is 0 Å². The normalized spacial score (nSPS) is 10.9. The quantitative estimate of drug-likeness (QED) is 0.261. The molecule has 0 aliphatic rings. The van der Waals surface area contributed by atoms with E-state index in [0.717, 1.165) is 5.56 Å². The number of fused-ring (bicyclic) bond motifs is 1. The molecule has 0 unspecified atom stereocenters. The Labute approximate surface area is 197 Å². The van der Waals surface area contributed by atoms with Crippen LogP contribution in [0.4, 0.5) is 11.6 Å². The number of amides is 2. The highest BCUT2D eigenvalue weighted by Gasteiger charge is 2.17. The van der Waals surface area contributed by atoms with Crippen molar-refractivity contribution in [1.82, 2.24) is 19.9 Å². The molecule has 0 spiro atoms. The van der Waals surface area contributed by atoms with Gasteiger partial charge in [0.1, 0.15) is 5.52 Å². The predicted molar refractivity (Wildman–Crippen MR) is 130 cm³/mol. The third-order valence-corrected chi connectivity index (χ3v) is 5.25. The maximum atomic E-state index is 12.8. The number of hydrogen-bond donors (Lipinski definition) is 3. The van der Waals surface area contributed by atoms with Gasteiger partial charge in [0.05, 0.1) is 5.56 Å². The lowest BCUT2D eigenvalue weighted by molar-refractivity contribution is 0.0949. The molecule has 174 valence electrons. The highest BCUT2D eigenvalue weighted by atomic mass is 16.5. The predicted octanol–water partition coefficient (Wildman–Crippen LogP) is 3.23. The van der Waals surface area contributed by atoms with Gasteiger partial charge in [-0.2, -0.15) is 0 Å². The molecular formula is C25H26N6O3. The zero-order chi connectivity index (χ0) is 23.9. The maximum Gasteiger partial charge on any atom is 0.258 e. The number of ether oxygens (including phenoxy) is 1. The molecule has 2 aromatic carbocycles. The van der Waals surface area contributed by atoms with Gasteiger partial charge in [-0.15, -0.1) is 0 Å². The Morgan fingerprint density at radius 2 is 1.85 bits per heavy atom. The van der Waals surface area contributed by atoms with Crippen molar-refractivity contribution in [2.24, 2.45) is 0 Å². The Kier molecular flexibility index (Phi) is 7.14. The second-order valence-corrected chi connectivity index (χ2v) is 7.75. The zero-order valence-electron chi connectivity index (χ0n) is 18.8. The van der Waals surface area contributed by atoms with Crippen LogP contribution in [-0.4, -0.2) is 40.1 Å². The van der Waals surface area contributed by atoms with Crippen LogP contribution in [0.1, 0.15) is 32.7 Å². The van der Waals surface area contributed by atoms with Crippen molar-refractivity contribution in [3.05, 3.63) is 83.6 Å². The van der Waals surface area contributed by atoms with E-state index in [1.54, 1.807) is 37.4 Å². The monoisotopic (exact) mass is 458 g/mol. The Morgan fingerprint density at radius 1 is 1.03 bits per heavy atom. The summed E-state index contributed by atoms with van der Waals surface area (Å²) in [5.74, 6) is -0.248. The number of nitrogens with one attached hydrogen (secondary N) is 2. The van der Waals surface area contributed by atoms with Gasteiger partial charge in [-0.3, -0.25) is 19.5 Å². The Hall–Kier alpha value is -4.24. The fraction of sp³-hybridized carbons (Fsp3) is 0.200. The molecule has 4 N–H and O–H groups in total. The van der Waals surface area contributed by atoms with Crippen LogP contribution in [0, 0.1) is 0 Å². The smallest absolute Gasteiger partial charge is 0.258 e. The summed E-state index contributed by atoms with van der Waals surface area (Å²) in [6, 6.07) is 18.0. The molecule has 2 aromatic heterocycles. The average molecular weight is 459 g/mol. The highest BCUT2D eigenvalue weighted by molar-refractivity contribution is 6.04. The van der Waals surface area contributed by atoms with Crippen LogP contribution in [0.3, 0.4) is 0 Å². The number of hydrogen-bond acceptors (Lipinski definition) is 6. The molecule has 2 amide bonds. The number of aryl methyl sites for hydroxylation is 1. The minimum Gasteiger partial charge on any atom is -0.399 e. The van der Waals surface area contributed by atoms with Gasteiger partial charge in [0, 0.05) is 44.3 Å². The van der Waals surface area contributed by atoms with Gasteiger partial charge in [-0.05, 0) is 36.2 Å². The molecule has 0 aliphatic carbocycles.